The summed E-state index contributed by atoms with van der Waals surface area (Å²) in [7, 11) is 0. The van der Waals surface area contributed by atoms with Crippen molar-refractivity contribution in [3.63, 3.8) is 0 Å². The zero-order chi connectivity index (χ0) is 15.4. The van der Waals surface area contributed by atoms with E-state index in [4.69, 9.17) is 0 Å². The van der Waals surface area contributed by atoms with Gasteiger partial charge in [-0.1, -0.05) is 12.2 Å². The topological polar surface area (TPSA) is 23.6 Å². The predicted octanol–water partition coefficient (Wildman–Crippen LogP) is 2.94. The summed E-state index contributed by atoms with van der Waals surface area (Å²) in [5, 5.41) is 0. The van der Waals surface area contributed by atoms with E-state index in [9.17, 15) is 9.18 Å². The molecule has 1 aromatic carbocycles. The first-order valence-electron chi connectivity index (χ1n) is 8.14. The molecule has 2 aliphatic rings. The molecule has 3 nitrogen and oxygen atoms in total. The van der Waals surface area contributed by atoms with E-state index in [1.165, 1.54) is 31.4 Å². The van der Waals surface area contributed by atoms with Crippen LogP contribution in [0.4, 0.5) is 4.39 Å². The smallest absolute Gasteiger partial charge is 0.253 e. The van der Waals surface area contributed by atoms with Crippen LogP contribution in [0.15, 0.2) is 36.4 Å². The molecule has 0 saturated carbocycles. The summed E-state index contributed by atoms with van der Waals surface area (Å²) in [5.74, 6) is 0.479. The Labute approximate surface area is 131 Å². The van der Waals surface area contributed by atoms with Gasteiger partial charge in [-0.25, -0.2) is 4.39 Å². The number of hydrogen-bond acceptors (Lipinski definition) is 2. The molecule has 1 atom stereocenters. The Morgan fingerprint density at radius 1 is 1.09 bits per heavy atom. The van der Waals surface area contributed by atoms with Crippen LogP contribution in [0.3, 0.4) is 0 Å². The second-order valence-corrected chi connectivity index (χ2v) is 6.25. The van der Waals surface area contributed by atoms with Crippen LogP contribution in [-0.2, 0) is 0 Å². The normalized spacial score (nSPS) is 22.8. The first kappa shape index (κ1) is 15.2. The van der Waals surface area contributed by atoms with Crippen LogP contribution in [0, 0.1) is 11.7 Å². The second-order valence-electron chi connectivity index (χ2n) is 6.25. The van der Waals surface area contributed by atoms with E-state index in [0.29, 0.717) is 5.56 Å². The Morgan fingerprint density at radius 2 is 1.82 bits per heavy atom. The van der Waals surface area contributed by atoms with Gasteiger partial charge in [0.25, 0.3) is 5.91 Å². The molecule has 1 heterocycles. The lowest BCUT2D eigenvalue weighted by atomic mass is 9.94. The summed E-state index contributed by atoms with van der Waals surface area (Å²) in [6.07, 6.45) is 8.24. The summed E-state index contributed by atoms with van der Waals surface area (Å²) < 4.78 is 12.9. The summed E-state index contributed by atoms with van der Waals surface area (Å²) in [4.78, 5) is 16.7. The number of nitrogens with zero attached hydrogens (tertiary/aromatic N) is 2. The molecule has 0 radical (unpaired) electrons. The number of amides is 1. The number of carbonyl (C=O) groups is 1. The molecule has 1 aliphatic heterocycles. The average Bonchev–Trinajstić information content (AvgIpc) is 2.57. The van der Waals surface area contributed by atoms with Crippen LogP contribution in [0.25, 0.3) is 0 Å². The highest BCUT2D eigenvalue weighted by atomic mass is 19.1. The van der Waals surface area contributed by atoms with Crippen molar-refractivity contribution < 1.29 is 9.18 Å². The molecule has 118 valence electrons. The van der Waals surface area contributed by atoms with Crippen LogP contribution in [0.2, 0.25) is 0 Å². The first-order chi connectivity index (χ1) is 10.7. The van der Waals surface area contributed by atoms with Gasteiger partial charge in [-0.3, -0.25) is 9.69 Å². The molecule has 1 amide bonds. The third kappa shape index (κ3) is 3.74. The Bertz CT molecular complexity index is 533. The fourth-order valence-corrected chi connectivity index (χ4v) is 3.30. The maximum atomic E-state index is 12.9. The van der Waals surface area contributed by atoms with Gasteiger partial charge in [-0.15, -0.1) is 0 Å². The van der Waals surface area contributed by atoms with Crippen molar-refractivity contribution in [2.75, 3.05) is 32.7 Å². The predicted molar refractivity (Wildman–Crippen MR) is 85.2 cm³/mol. The zero-order valence-electron chi connectivity index (χ0n) is 12.9. The second kappa shape index (κ2) is 7.05. The van der Waals surface area contributed by atoms with Gasteiger partial charge in [0.15, 0.2) is 0 Å². The van der Waals surface area contributed by atoms with Gasteiger partial charge in [-0.05, 0) is 49.4 Å². The van der Waals surface area contributed by atoms with Gasteiger partial charge in [0.05, 0.1) is 0 Å². The van der Waals surface area contributed by atoms with Gasteiger partial charge in [0, 0.05) is 38.3 Å². The largest absolute Gasteiger partial charge is 0.336 e. The first-order valence-corrected chi connectivity index (χ1v) is 8.14. The fourth-order valence-electron chi connectivity index (χ4n) is 3.30. The molecule has 0 aromatic heterocycles. The third-order valence-electron chi connectivity index (χ3n) is 4.64. The number of benzene rings is 1. The molecule has 4 heteroatoms. The highest BCUT2D eigenvalue weighted by Crippen LogP contribution is 2.20. The molecule has 0 bridgehead atoms. The number of halogens is 1. The Morgan fingerprint density at radius 3 is 2.45 bits per heavy atom. The van der Waals surface area contributed by atoms with E-state index in [0.717, 1.165) is 38.6 Å². The molecule has 0 unspecified atom stereocenters. The molecule has 0 N–H and O–H groups in total. The summed E-state index contributed by atoms with van der Waals surface area (Å²) in [6.45, 7) is 4.54. The molecule has 22 heavy (non-hydrogen) atoms. The van der Waals surface area contributed by atoms with E-state index >= 15 is 0 Å². The van der Waals surface area contributed by atoms with Crippen LogP contribution in [-0.4, -0.2) is 48.4 Å². The van der Waals surface area contributed by atoms with Crippen molar-refractivity contribution in [1.29, 1.82) is 0 Å². The average molecular weight is 302 g/mol. The number of allylic oxidation sites excluding steroid dienone is 2. The molecule has 3 rings (SSSR count). The molecule has 1 fully saturated rings. The van der Waals surface area contributed by atoms with Crippen molar-refractivity contribution >= 4 is 5.91 Å². The fraction of sp³-hybridized carbons (Fsp3) is 0.500. The highest BCUT2D eigenvalue weighted by Gasteiger charge is 2.23. The Hall–Kier alpha value is -1.68. The number of hydrogen-bond donors (Lipinski definition) is 0. The Balaban J connectivity index is 1.49. The van der Waals surface area contributed by atoms with E-state index < -0.39 is 0 Å². The van der Waals surface area contributed by atoms with Crippen molar-refractivity contribution in [2.45, 2.75) is 19.3 Å². The summed E-state index contributed by atoms with van der Waals surface area (Å²) >= 11 is 0. The van der Waals surface area contributed by atoms with Gasteiger partial charge < -0.3 is 4.90 Å². The van der Waals surface area contributed by atoms with E-state index in [1.54, 1.807) is 12.1 Å². The summed E-state index contributed by atoms with van der Waals surface area (Å²) in [5.41, 5.74) is 0.576. The van der Waals surface area contributed by atoms with Crippen LogP contribution in [0.5, 0.6) is 0 Å². The van der Waals surface area contributed by atoms with Crippen LogP contribution in [0.1, 0.15) is 29.6 Å². The standard InChI is InChI=1S/C18H23FN2O/c19-17-8-6-16(7-9-17)18(22)21-12-10-20(11-13-21)14-15-4-2-1-3-5-15/h1-2,6-9,15H,3-5,10-14H2/t15-/m1/s1. The molecule has 1 aliphatic carbocycles. The maximum absolute atomic E-state index is 12.9. The van der Waals surface area contributed by atoms with Crippen molar-refractivity contribution in [3.05, 3.63) is 47.8 Å². The molecule has 1 aromatic rings. The number of carbonyl (C=O) groups excluding carboxylic acids is 1. The number of rotatable bonds is 3. The number of piperazine rings is 1. The monoisotopic (exact) mass is 302 g/mol. The van der Waals surface area contributed by atoms with E-state index in [2.05, 4.69) is 17.1 Å². The van der Waals surface area contributed by atoms with Gasteiger partial charge >= 0.3 is 0 Å². The molecule has 0 spiro atoms. The minimum Gasteiger partial charge on any atom is -0.336 e. The molecule has 1 saturated heterocycles. The van der Waals surface area contributed by atoms with Crippen molar-refractivity contribution in [2.24, 2.45) is 5.92 Å². The quantitative estimate of drug-likeness (QED) is 0.802. The van der Waals surface area contributed by atoms with Gasteiger partial charge in [0.1, 0.15) is 5.82 Å². The SMILES string of the molecule is O=C(c1ccc(F)cc1)N1CCN(C[C@@H]2CC=CCC2)CC1. The zero-order valence-corrected chi connectivity index (χ0v) is 12.9. The lowest BCUT2D eigenvalue weighted by Gasteiger charge is -2.36. The van der Waals surface area contributed by atoms with Crippen LogP contribution >= 0.6 is 0 Å². The summed E-state index contributed by atoms with van der Waals surface area (Å²) in [6, 6.07) is 5.83. The minimum absolute atomic E-state index is 0.0141. The molecular formula is C18H23FN2O. The van der Waals surface area contributed by atoms with E-state index in [-0.39, 0.29) is 11.7 Å². The highest BCUT2D eigenvalue weighted by molar-refractivity contribution is 5.94. The third-order valence-corrected chi connectivity index (χ3v) is 4.64. The Kier molecular flexibility index (Phi) is 4.88. The van der Waals surface area contributed by atoms with Crippen molar-refractivity contribution in [3.8, 4) is 0 Å². The van der Waals surface area contributed by atoms with Gasteiger partial charge in [0.2, 0.25) is 0 Å². The molecular weight excluding hydrogens is 279 g/mol. The van der Waals surface area contributed by atoms with E-state index in [1.807, 2.05) is 4.90 Å². The van der Waals surface area contributed by atoms with Gasteiger partial charge in [-0.2, -0.15) is 0 Å². The van der Waals surface area contributed by atoms with Crippen LogP contribution < -0.4 is 0 Å². The minimum atomic E-state index is -0.303. The maximum Gasteiger partial charge on any atom is 0.253 e. The lowest BCUT2D eigenvalue weighted by molar-refractivity contribution is 0.0614. The lowest BCUT2D eigenvalue weighted by Crippen LogP contribution is -2.49. The van der Waals surface area contributed by atoms with Crippen molar-refractivity contribution in [1.82, 2.24) is 9.80 Å².